The number of hydrazine groups is 1. The van der Waals surface area contributed by atoms with Crippen molar-refractivity contribution in [2.75, 3.05) is 18.9 Å². The molecule has 0 aromatic heterocycles. The van der Waals surface area contributed by atoms with Crippen molar-refractivity contribution in [1.29, 1.82) is 0 Å². The van der Waals surface area contributed by atoms with Crippen molar-refractivity contribution in [3.05, 3.63) is 70.4 Å². The number of hydrogen-bond donors (Lipinski definition) is 4. The number of para-hydroxylation sites is 1. The molecule has 0 spiro atoms. The van der Waals surface area contributed by atoms with Crippen LogP contribution in [0.2, 0.25) is 0 Å². The molecule has 0 heterocycles. The molecule has 2 aromatic carbocycles. The normalized spacial score (nSPS) is 11.2. The first-order valence-electron chi connectivity index (χ1n) is 9.68. The van der Waals surface area contributed by atoms with E-state index in [0.29, 0.717) is 16.9 Å². The minimum absolute atomic E-state index is 0.136. The van der Waals surface area contributed by atoms with Gasteiger partial charge in [0.2, 0.25) is 15.9 Å². The molecule has 12 heteroatoms. The summed E-state index contributed by atoms with van der Waals surface area (Å²) in [6.45, 7) is 3.84. The van der Waals surface area contributed by atoms with E-state index in [1.54, 1.807) is 31.3 Å². The minimum atomic E-state index is -3.91. The molecule has 0 radical (unpaired) electrons. The molecule has 2 rings (SSSR count). The van der Waals surface area contributed by atoms with Crippen LogP contribution in [0.1, 0.15) is 25.8 Å². The van der Waals surface area contributed by atoms with Gasteiger partial charge >= 0.3 is 0 Å². The topological polar surface area (TPSA) is 174 Å². The highest BCUT2D eigenvalue weighted by Crippen LogP contribution is 2.21. The first-order valence-corrected chi connectivity index (χ1v) is 11.2. The Hall–Kier alpha value is -3.48. The summed E-state index contributed by atoms with van der Waals surface area (Å²) in [4.78, 5) is 22.1. The zero-order chi connectivity index (χ0) is 24.3. The number of carbonyl (C=O) groups is 1. The van der Waals surface area contributed by atoms with Gasteiger partial charge in [-0.05, 0) is 18.2 Å². The zero-order valence-electron chi connectivity index (χ0n) is 18.1. The minimum Gasteiger partial charge on any atom is -0.397 e. The van der Waals surface area contributed by atoms with Crippen LogP contribution >= 0.6 is 0 Å². The Morgan fingerprint density at radius 1 is 1.16 bits per heavy atom. The SMILES string of the molecule is CC.CN(N)/C=C(\N)c1ccccc1NC(=O)CCNS(=O)(=O)c1ccc([N+](=O)[O-])cc1. The first-order chi connectivity index (χ1) is 15.1. The van der Waals surface area contributed by atoms with Crippen molar-refractivity contribution < 1.29 is 18.1 Å². The van der Waals surface area contributed by atoms with Gasteiger partial charge in [-0.2, -0.15) is 0 Å². The lowest BCUT2D eigenvalue weighted by molar-refractivity contribution is -0.384. The fraction of sp³-hybridized carbons (Fsp3) is 0.250. The molecule has 0 saturated heterocycles. The fourth-order valence-corrected chi connectivity index (χ4v) is 3.51. The summed E-state index contributed by atoms with van der Waals surface area (Å²) in [7, 11) is -2.31. The highest BCUT2D eigenvalue weighted by Gasteiger charge is 2.16. The van der Waals surface area contributed by atoms with Gasteiger partial charge in [0.05, 0.1) is 21.2 Å². The van der Waals surface area contributed by atoms with Crippen LogP contribution in [0.5, 0.6) is 0 Å². The first kappa shape index (κ1) is 26.6. The zero-order valence-corrected chi connectivity index (χ0v) is 18.9. The molecule has 0 aliphatic heterocycles. The van der Waals surface area contributed by atoms with E-state index in [4.69, 9.17) is 11.6 Å². The molecule has 6 N–H and O–H groups in total. The highest BCUT2D eigenvalue weighted by atomic mass is 32.2. The van der Waals surface area contributed by atoms with Crippen LogP contribution in [-0.4, -0.2) is 37.8 Å². The number of nitrogens with two attached hydrogens (primary N) is 2. The van der Waals surface area contributed by atoms with Crippen molar-refractivity contribution in [3.8, 4) is 0 Å². The van der Waals surface area contributed by atoms with Crippen LogP contribution in [0, 0.1) is 10.1 Å². The second-order valence-corrected chi connectivity index (χ2v) is 8.01. The Labute approximate surface area is 187 Å². The molecule has 11 nitrogen and oxygen atoms in total. The van der Waals surface area contributed by atoms with Gasteiger partial charge in [-0.25, -0.2) is 19.0 Å². The van der Waals surface area contributed by atoms with Gasteiger partial charge in [-0.1, -0.05) is 32.0 Å². The molecule has 1 amide bonds. The maximum Gasteiger partial charge on any atom is 0.269 e. The van der Waals surface area contributed by atoms with Crippen molar-refractivity contribution in [3.63, 3.8) is 0 Å². The van der Waals surface area contributed by atoms with Crippen molar-refractivity contribution in [2.45, 2.75) is 25.2 Å². The third-order valence-corrected chi connectivity index (χ3v) is 5.33. The van der Waals surface area contributed by atoms with Gasteiger partial charge in [0.1, 0.15) is 0 Å². The summed E-state index contributed by atoms with van der Waals surface area (Å²) in [5.41, 5.74) is 7.12. The second-order valence-electron chi connectivity index (χ2n) is 6.24. The van der Waals surface area contributed by atoms with Gasteiger partial charge in [-0.3, -0.25) is 14.9 Å². The number of sulfonamides is 1. The van der Waals surface area contributed by atoms with Crippen LogP contribution in [0.25, 0.3) is 5.70 Å². The van der Waals surface area contributed by atoms with Gasteiger partial charge in [0, 0.05) is 43.9 Å². The van der Waals surface area contributed by atoms with E-state index in [0.717, 1.165) is 24.3 Å². The summed E-state index contributed by atoms with van der Waals surface area (Å²) < 4.78 is 26.8. The van der Waals surface area contributed by atoms with E-state index >= 15 is 0 Å². The summed E-state index contributed by atoms with van der Waals surface area (Å²) >= 11 is 0. The lowest BCUT2D eigenvalue weighted by atomic mass is 10.1. The van der Waals surface area contributed by atoms with Gasteiger partial charge in [0.15, 0.2) is 0 Å². The van der Waals surface area contributed by atoms with E-state index in [2.05, 4.69) is 10.0 Å². The van der Waals surface area contributed by atoms with Crippen molar-refractivity contribution in [1.82, 2.24) is 9.73 Å². The number of nitrogens with zero attached hydrogens (tertiary/aromatic N) is 2. The Morgan fingerprint density at radius 2 is 1.75 bits per heavy atom. The maximum absolute atomic E-state index is 12.2. The van der Waals surface area contributed by atoms with Crippen LogP contribution in [0.15, 0.2) is 59.6 Å². The van der Waals surface area contributed by atoms with E-state index in [1.165, 1.54) is 11.2 Å². The van der Waals surface area contributed by atoms with Gasteiger partial charge in [0.25, 0.3) is 5.69 Å². The number of rotatable bonds is 9. The van der Waals surface area contributed by atoms with Crippen LogP contribution in [0.4, 0.5) is 11.4 Å². The highest BCUT2D eigenvalue weighted by molar-refractivity contribution is 7.89. The smallest absolute Gasteiger partial charge is 0.269 e. The van der Waals surface area contributed by atoms with E-state index in [-0.39, 0.29) is 23.5 Å². The quantitative estimate of drug-likeness (QED) is 0.247. The number of hydrogen-bond acceptors (Lipinski definition) is 8. The summed E-state index contributed by atoms with van der Waals surface area (Å²) in [6, 6.07) is 11.3. The number of anilines is 1. The molecular weight excluding hydrogens is 436 g/mol. The lowest BCUT2D eigenvalue weighted by Crippen LogP contribution is -2.28. The van der Waals surface area contributed by atoms with Crippen molar-refractivity contribution >= 4 is 33.0 Å². The average molecular weight is 465 g/mol. The predicted octanol–water partition coefficient (Wildman–Crippen LogP) is 1.99. The number of non-ortho nitro benzene ring substituents is 1. The number of carbonyl (C=O) groups excluding carboxylic acids is 1. The van der Waals surface area contributed by atoms with Crippen LogP contribution in [0.3, 0.4) is 0 Å². The number of nitrogens with one attached hydrogen (secondary N) is 2. The standard InChI is InChI=1S/C18H22N6O5S.C2H6/c1-23(20)12-16(19)15-4-2-3-5-17(15)22-18(25)10-11-21-30(28,29)14-8-6-13(7-9-14)24(26)27;1-2/h2-9,12,21H,10-11,19-20H2,1H3,(H,22,25);1-2H3/b16-12-;. The molecule has 2 aromatic rings. The van der Waals surface area contributed by atoms with Crippen LogP contribution in [-0.2, 0) is 14.8 Å². The summed E-state index contributed by atoms with van der Waals surface area (Å²) in [5.74, 6) is 5.12. The largest absolute Gasteiger partial charge is 0.397 e. The predicted molar refractivity (Wildman–Crippen MR) is 123 cm³/mol. The molecule has 0 saturated carbocycles. The molecule has 0 bridgehead atoms. The molecule has 0 atom stereocenters. The molecular formula is C20H28N6O5S. The number of nitro groups is 1. The number of benzene rings is 2. The summed E-state index contributed by atoms with van der Waals surface area (Å²) in [5, 5.41) is 14.6. The number of nitro benzene ring substituents is 1. The third kappa shape index (κ3) is 7.98. The third-order valence-electron chi connectivity index (χ3n) is 3.86. The Balaban J connectivity index is 0.00000249. The Kier molecular flexibility index (Phi) is 10.3. The molecule has 0 fully saturated rings. The lowest BCUT2D eigenvalue weighted by Gasteiger charge is -2.13. The molecule has 0 aliphatic rings. The van der Waals surface area contributed by atoms with Gasteiger partial charge < -0.3 is 16.1 Å². The summed E-state index contributed by atoms with van der Waals surface area (Å²) in [6.07, 6.45) is 1.35. The van der Waals surface area contributed by atoms with Crippen LogP contribution < -0.4 is 21.6 Å². The second kappa shape index (κ2) is 12.4. The van der Waals surface area contributed by atoms with Gasteiger partial charge in [-0.15, -0.1) is 0 Å². The van der Waals surface area contributed by atoms with E-state index < -0.39 is 20.9 Å². The average Bonchev–Trinajstić information content (AvgIpc) is 2.75. The van der Waals surface area contributed by atoms with E-state index in [9.17, 15) is 23.3 Å². The molecule has 0 aliphatic carbocycles. The van der Waals surface area contributed by atoms with Crippen molar-refractivity contribution in [2.24, 2.45) is 11.6 Å². The van der Waals surface area contributed by atoms with E-state index in [1.807, 2.05) is 13.8 Å². The number of amides is 1. The Morgan fingerprint density at radius 3 is 2.31 bits per heavy atom. The molecule has 0 unspecified atom stereocenters. The fourth-order valence-electron chi connectivity index (χ4n) is 2.47. The monoisotopic (exact) mass is 464 g/mol. The maximum atomic E-state index is 12.2. The molecule has 174 valence electrons. The Bertz CT molecular complexity index is 1050. The molecule has 32 heavy (non-hydrogen) atoms.